The predicted molar refractivity (Wildman–Crippen MR) is 108 cm³/mol. The molecule has 0 aliphatic carbocycles. The normalized spacial score (nSPS) is 26.3. The van der Waals surface area contributed by atoms with Gasteiger partial charge in [0.15, 0.2) is 18.2 Å². The Labute approximate surface area is 170 Å². The number of nitrogens with zero attached hydrogens (tertiary/aromatic N) is 5. The number of nitrogens with one attached hydrogen (secondary N) is 1. The molecule has 2 N–H and O–H groups in total. The number of carbonyl (C=O) groups is 2. The van der Waals surface area contributed by atoms with Crippen molar-refractivity contribution < 1.29 is 14.7 Å². The zero-order chi connectivity index (χ0) is 20.5. The number of amides is 3. The molecule has 4 rings (SSSR count). The van der Waals surface area contributed by atoms with Crippen molar-refractivity contribution in [2.45, 2.75) is 31.8 Å². The van der Waals surface area contributed by atoms with E-state index in [0.717, 1.165) is 32.7 Å². The molecule has 3 aliphatic heterocycles. The number of piperazine rings is 1. The van der Waals surface area contributed by atoms with Crippen molar-refractivity contribution >= 4 is 17.9 Å². The van der Waals surface area contributed by atoms with Gasteiger partial charge in [-0.05, 0) is 12.5 Å². The van der Waals surface area contributed by atoms with Crippen LogP contribution in [0.15, 0.2) is 35.3 Å². The summed E-state index contributed by atoms with van der Waals surface area (Å²) in [7, 11) is 1.64. The Bertz CT molecular complexity index is 791. The maximum Gasteiger partial charge on any atom is 0.325 e. The molecule has 3 unspecified atom stereocenters. The average Bonchev–Trinajstić information content (AvgIpc) is 3.07. The van der Waals surface area contributed by atoms with E-state index in [1.54, 1.807) is 14.0 Å². The molecule has 0 saturated carbocycles. The summed E-state index contributed by atoms with van der Waals surface area (Å²) in [5.41, 5.74) is 1.29. The molecule has 29 heavy (non-hydrogen) atoms. The number of hydrogen-bond donors (Lipinski definition) is 2. The number of aliphatic imine (C=N–C) groups is 1. The number of aliphatic hydroxyl groups excluding tert-OH is 1. The highest BCUT2D eigenvalue weighted by Gasteiger charge is 2.50. The Kier molecular flexibility index (Phi) is 5.42. The number of urea groups is 1. The van der Waals surface area contributed by atoms with Crippen molar-refractivity contribution in [3.63, 3.8) is 0 Å². The minimum Gasteiger partial charge on any atom is -0.392 e. The highest BCUT2D eigenvalue weighted by Crippen LogP contribution is 2.26. The molecule has 3 atom stereocenters. The molecule has 2 fully saturated rings. The minimum absolute atomic E-state index is 0.291. The summed E-state index contributed by atoms with van der Waals surface area (Å²) in [6, 6.07) is 9.35. The van der Waals surface area contributed by atoms with Crippen molar-refractivity contribution in [2.75, 3.05) is 39.8 Å². The topological polar surface area (TPSA) is 91.7 Å². The number of guanidine groups is 1. The molecule has 9 nitrogen and oxygen atoms in total. The first kappa shape index (κ1) is 19.7. The number of imide groups is 1. The maximum atomic E-state index is 12.5. The Morgan fingerprint density at radius 3 is 2.52 bits per heavy atom. The molecular formula is C20H28N6O3. The Balaban J connectivity index is 1.47. The van der Waals surface area contributed by atoms with E-state index < -0.39 is 24.3 Å². The van der Waals surface area contributed by atoms with E-state index in [1.165, 1.54) is 10.5 Å². The summed E-state index contributed by atoms with van der Waals surface area (Å²) in [5, 5.41) is 12.4. The van der Waals surface area contributed by atoms with Gasteiger partial charge in [0.25, 0.3) is 5.91 Å². The van der Waals surface area contributed by atoms with Crippen molar-refractivity contribution in [1.82, 2.24) is 24.9 Å². The van der Waals surface area contributed by atoms with E-state index in [4.69, 9.17) is 4.99 Å². The fourth-order valence-corrected chi connectivity index (χ4v) is 4.20. The molecule has 0 bridgehead atoms. The van der Waals surface area contributed by atoms with E-state index in [-0.39, 0.29) is 5.91 Å². The molecular weight excluding hydrogens is 372 g/mol. The zero-order valence-electron chi connectivity index (χ0n) is 16.9. The lowest BCUT2D eigenvalue weighted by Gasteiger charge is -2.40. The van der Waals surface area contributed by atoms with E-state index >= 15 is 0 Å². The number of likely N-dealkylation sites (N-methyl/N-ethyl adjacent to an activating group) is 1. The standard InChI is InChI=1S/C20H28N6O3/c1-14(27)12-26-16-17(23(2)20(29)22-18(16)28)21-19(26)25-10-8-24(9-11-25)13-15-6-4-3-5-7-15/h3-7,14,16-17,27H,8-13H2,1-2H3,(H,22,28,29). The van der Waals surface area contributed by atoms with Crippen LogP contribution in [0.25, 0.3) is 0 Å². The van der Waals surface area contributed by atoms with Crippen LogP contribution in [0, 0.1) is 0 Å². The molecule has 0 spiro atoms. The Morgan fingerprint density at radius 1 is 1.17 bits per heavy atom. The van der Waals surface area contributed by atoms with Crippen LogP contribution < -0.4 is 5.32 Å². The number of carbonyl (C=O) groups excluding carboxylic acids is 2. The van der Waals surface area contributed by atoms with Gasteiger partial charge in [0.1, 0.15) is 0 Å². The van der Waals surface area contributed by atoms with Gasteiger partial charge in [-0.2, -0.15) is 0 Å². The fraction of sp³-hybridized carbons (Fsp3) is 0.550. The van der Waals surface area contributed by atoms with Crippen LogP contribution >= 0.6 is 0 Å². The van der Waals surface area contributed by atoms with Gasteiger partial charge in [-0.1, -0.05) is 30.3 Å². The first-order valence-corrected chi connectivity index (χ1v) is 10.1. The second-order valence-electron chi connectivity index (χ2n) is 7.94. The summed E-state index contributed by atoms with van der Waals surface area (Å²) < 4.78 is 0. The average molecular weight is 400 g/mol. The summed E-state index contributed by atoms with van der Waals surface area (Å²) in [4.78, 5) is 37.1. The molecule has 3 amide bonds. The summed E-state index contributed by atoms with van der Waals surface area (Å²) in [5.74, 6) is 0.331. The van der Waals surface area contributed by atoms with Crippen LogP contribution in [0.3, 0.4) is 0 Å². The van der Waals surface area contributed by atoms with E-state index in [9.17, 15) is 14.7 Å². The molecule has 0 radical (unpaired) electrons. The highest BCUT2D eigenvalue weighted by molar-refractivity contribution is 6.03. The molecule has 3 aliphatic rings. The molecule has 1 aromatic carbocycles. The van der Waals surface area contributed by atoms with Gasteiger partial charge in [0.2, 0.25) is 0 Å². The lowest BCUT2D eigenvalue weighted by Crippen LogP contribution is -2.65. The Morgan fingerprint density at radius 2 is 1.86 bits per heavy atom. The second kappa shape index (κ2) is 8.00. The van der Waals surface area contributed by atoms with E-state index in [2.05, 4.69) is 39.4 Å². The minimum atomic E-state index is -0.617. The van der Waals surface area contributed by atoms with Crippen LogP contribution in [0.5, 0.6) is 0 Å². The number of benzene rings is 1. The molecule has 0 aromatic heterocycles. The third kappa shape index (κ3) is 3.92. The third-order valence-electron chi connectivity index (χ3n) is 5.70. The number of rotatable bonds is 4. The van der Waals surface area contributed by atoms with Crippen LogP contribution in [0.1, 0.15) is 12.5 Å². The van der Waals surface area contributed by atoms with Gasteiger partial charge in [-0.15, -0.1) is 0 Å². The number of aliphatic hydroxyl groups is 1. The fourth-order valence-electron chi connectivity index (χ4n) is 4.20. The first-order chi connectivity index (χ1) is 13.9. The summed E-state index contributed by atoms with van der Waals surface area (Å²) in [6.45, 7) is 6.21. The van der Waals surface area contributed by atoms with Crippen molar-refractivity contribution in [3.05, 3.63) is 35.9 Å². The van der Waals surface area contributed by atoms with Crippen molar-refractivity contribution in [1.29, 1.82) is 0 Å². The lowest BCUT2D eigenvalue weighted by atomic mass is 10.1. The lowest BCUT2D eigenvalue weighted by molar-refractivity contribution is -0.127. The highest BCUT2D eigenvalue weighted by atomic mass is 16.3. The first-order valence-electron chi connectivity index (χ1n) is 10.1. The van der Waals surface area contributed by atoms with Crippen LogP contribution in [-0.4, -0.2) is 101 Å². The van der Waals surface area contributed by atoms with E-state index in [1.807, 2.05) is 11.0 Å². The molecule has 156 valence electrons. The van der Waals surface area contributed by atoms with Crippen LogP contribution in [0.4, 0.5) is 4.79 Å². The summed E-state index contributed by atoms with van der Waals surface area (Å²) >= 11 is 0. The molecule has 2 saturated heterocycles. The predicted octanol–water partition coefficient (Wildman–Crippen LogP) is -0.267. The molecule has 9 heteroatoms. The molecule has 3 heterocycles. The molecule has 1 aromatic rings. The van der Waals surface area contributed by atoms with Gasteiger partial charge < -0.3 is 19.8 Å². The maximum absolute atomic E-state index is 12.5. The SMILES string of the molecule is CC(O)CN1C(N2CCN(Cc3ccccc3)CC2)=NC2C1C(=O)NC(=O)N2C. The number of fused-ring (bicyclic) bond motifs is 1. The van der Waals surface area contributed by atoms with Gasteiger partial charge >= 0.3 is 6.03 Å². The summed E-state index contributed by atoms with van der Waals surface area (Å²) in [6.07, 6.45) is -1.18. The van der Waals surface area contributed by atoms with Crippen molar-refractivity contribution in [3.8, 4) is 0 Å². The van der Waals surface area contributed by atoms with Gasteiger partial charge in [-0.3, -0.25) is 15.0 Å². The van der Waals surface area contributed by atoms with Crippen molar-refractivity contribution in [2.24, 2.45) is 4.99 Å². The zero-order valence-corrected chi connectivity index (χ0v) is 16.9. The van der Waals surface area contributed by atoms with Crippen LogP contribution in [-0.2, 0) is 11.3 Å². The number of hydrogen-bond acceptors (Lipinski definition) is 7. The van der Waals surface area contributed by atoms with E-state index in [0.29, 0.717) is 12.5 Å². The van der Waals surface area contributed by atoms with Gasteiger partial charge in [0.05, 0.1) is 6.10 Å². The smallest absolute Gasteiger partial charge is 0.325 e. The monoisotopic (exact) mass is 400 g/mol. The number of β-amino-alcohol motifs (C(OH)–C–C–N with tert-alkyl or cyclic N) is 1. The van der Waals surface area contributed by atoms with Gasteiger partial charge in [-0.25, -0.2) is 9.79 Å². The van der Waals surface area contributed by atoms with Crippen LogP contribution in [0.2, 0.25) is 0 Å². The van der Waals surface area contributed by atoms with Gasteiger partial charge in [0, 0.05) is 46.3 Å². The second-order valence-corrected chi connectivity index (χ2v) is 7.94. The Hall–Kier alpha value is -2.65. The third-order valence-corrected chi connectivity index (χ3v) is 5.70. The largest absolute Gasteiger partial charge is 0.392 e. The quantitative estimate of drug-likeness (QED) is 0.723.